The standard InChI is InChI=1S/C64H66N8O4.Fe.NO/c1-61(2,3)57(73)69-41-25-17-13-21-37(41)53-45-29-31-47(65-45)54(38-22-14-18-26-42(38)70-58(74)62(4,5)6)49-33-35-51(67-49)56(40-24-16-20-28-44(40)72-60(76)64(10,11)12)52-36-34-50(68-52)55(48-32-30-46(53)66-48)39-23-15-19-27-43(39)71-59(75)63(7,8)9;;1-2/h13-36H,1-12H3,(H6,65,66,67,68,69,70,71,72,73,74,75,76);;/q;+2;/p-2. The third-order valence-electron chi connectivity index (χ3n) is 13.1. The summed E-state index contributed by atoms with van der Waals surface area (Å²) in [5, 5.41) is 12.8. The molecule has 3 aromatic heterocycles. The van der Waals surface area contributed by atoms with Gasteiger partial charge < -0.3 is 31.2 Å². The molecule has 8 bridgehead atoms. The maximum absolute atomic E-state index is 13.8. The zero-order chi connectivity index (χ0) is 56.5. The Morgan fingerprint density at radius 1 is 0.342 bits per heavy atom. The van der Waals surface area contributed by atoms with Crippen LogP contribution in [0.25, 0.3) is 90.9 Å². The fourth-order valence-electron chi connectivity index (χ4n) is 8.67. The Morgan fingerprint density at radius 3 is 0.722 bits per heavy atom. The van der Waals surface area contributed by atoms with Crippen molar-refractivity contribution in [1.29, 1.82) is 0 Å². The van der Waals surface area contributed by atoms with Crippen LogP contribution in [0, 0.1) is 26.6 Å². The van der Waals surface area contributed by atoms with Gasteiger partial charge >= 0.3 is 17.1 Å². The number of aromatic nitrogens is 4. The van der Waals surface area contributed by atoms with Gasteiger partial charge in [0.05, 0.1) is 22.8 Å². The van der Waals surface area contributed by atoms with Gasteiger partial charge in [0, 0.05) is 66.7 Å². The van der Waals surface area contributed by atoms with Gasteiger partial charge in [-0.25, -0.2) is 9.97 Å². The van der Waals surface area contributed by atoms with E-state index in [0.717, 1.165) is 0 Å². The third-order valence-corrected chi connectivity index (χ3v) is 13.1. The molecular formula is C64H64FeN9O5. The number of para-hydroxylation sites is 4. The van der Waals surface area contributed by atoms with Crippen LogP contribution in [0.3, 0.4) is 0 Å². The maximum Gasteiger partial charge on any atom is 2.00 e. The summed E-state index contributed by atoms with van der Waals surface area (Å²) < 4.78 is 0. The predicted octanol–water partition coefficient (Wildman–Crippen LogP) is 14.1. The van der Waals surface area contributed by atoms with Gasteiger partial charge in [0.15, 0.2) is 0 Å². The summed E-state index contributed by atoms with van der Waals surface area (Å²) in [7, 11) is 0. The largest absolute Gasteiger partial charge is 2.00 e. The van der Waals surface area contributed by atoms with Gasteiger partial charge in [0.1, 0.15) is 5.59 Å². The van der Waals surface area contributed by atoms with Crippen molar-refractivity contribution in [2.24, 2.45) is 21.7 Å². The van der Waals surface area contributed by atoms with Crippen LogP contribution in [0.1, 0.15) is 106 Å². The van der Waals surface area contributed by atoms with E-state index in [-0.39, 0.29) is 40.7 Å². The Bertz CT molecular complexity index is 3290. The van der Waals surface area contributed by atoms with Gasteiger partial charge in [-0.15, -0.1) is 27.0 Å². The molecule has 2 aliphatic heterocycles. The fraction of sp³-hybridized carbons (Fsp3) is 0.250. The summed E-state index contributed by atoms with van der Waals surface area (Å²) >= 11 is 0. The van der Waals surface area contributed by atoms with Gasteiger partial charge in [-0.2, -0.15) is 0 Å². The summed E-state index contributed by atoms with van der Waals surface area (Å²) in [6.07, 6.45) is 7.77. The monoisotopic (exact) mass is 1090 g/mol. The molecule has 4 amide bonds. The van der Waals surface area contributed by atoms with E-state index in [0.29, 0.717) is 112 Å². The molecule has 5 heterocycles. The SMILES string of the molecule is CC(C)(C)C(=O)Nc1ccccc1-c1c2nc(c(-c3ccccc3NC(=O)C(C)(C)C)c3ccc([n-]3)c(-c3ccccc3NC(=O)C(C)(C)C)c3nc(c(-c4ccccc4NC(=O)C(C)(C)C)c4ccc1[n-]4)C=C3)C=C2.[Fe+2].[N]=O. The zero-order valence-corrected chi connectivity index (χ0v) is 47.6. The number of fused-ring (bicyclic) bond motifs is 8. The molecule has 0 aliphatic carbocycles. The van der Waals surface area contributed by atoms with Crippen molar-refractivity contribution >= 4 is 92.7 Å². The van der Waals surface area contributed by atoms with Crippen molar-refractivity contribution in [3.8, 4) is 44.5 Å². The average Bonchev–Trinajstić information content (AvgIpc) is 4.33. The number of benzene rings is 4. The molecular weight excluding hydrogens is 1030 g/mol. The normalized spacial score (nSPS) is 12.2. The van der Waals surface area contributed by atoms with Crippen molar-refractivity contribution in [3.05, 3.63) is 149 Å². The molecule has 4 N–H and O–H groups in total. The van der Waals surface area contributed by atoms with Crippen molar-refractivity contribution in [2.45, 2.75) is 83.1 Å². The van der Waals surface area contributed by atoms with Crippen LogP contribution < -0.4 is 36.8 Å². The second-order valence-electron chi connectivity index (χ2n) is 23.4. The van der Waals surface area contributed by atoms with Crippen molar-refractivity contribution < 1.29 is 36.2 Å². The van der Waals surface area contributed by atoms with Crippen LogP contribution in [0.5, 0.6) is 0 Å². The minimum atomic E-state index is -0.703. The minimum absolute atomic E-state index is 0. The van der Waals surface area contributed by atoms with Crippen LogP contribution in [0.2, 0.25) is 0 Å². The van der Waals surface area contributed by atoms with Gasteiger partial charge in [-0.1, -0.05) is 180 Å². The second-order valence-corrected chi connectivity index (χ2v) is 23.4. The van der Waals surface area contributed by atoms with Gasteiger partial charge in [-0.3, -0.25) is 19.2 Å². The van der Waals surface area contributed by atoms with E-state index >= 15 is 0 Å². The van der Waals surface area contributed by atoms with Gasteiger partial charge in [-0.05, 0) is 70.8 Å². The predicted molar refractivity (Wildman–Crippen MR) is 316 cm³/mol. The molecule has 0 unspecified atom stereocenters. The Balaban J connectivity index is 0.00000298. The molecule has 7 aromatic rings. The van der Waals surface area contributed by atoms with Crippen LogP contribution >= 0.6 is 0 Å². The van der Waals surface area contributed by atoms with E-state index in [9.17, 15) is 19.2 Å². The van der Waals surface area contributed by atoms with Crippen molar-refractivity contribution in [3.63, 3.8) is 0 Å². The Hall–Kier alpha value is -8.52. The number of anilines is 4. The number of hydrogen-bond acceptors (Lipinski definition) is 7. The maximum atomic E-state index is 13.8. The quantitative estimate of drug-likeness (QED) is 0.107. The number of nitroso groups, excluding NO2 is 1. The van der Waals surface area contributed by atoms with E-state index in [1.165, 1.54) is 0 Å². The minimum Gasteiger partial charge on any atom is -0.657 e. The number of amides is 4. The first kappa shape index (κ1) is 58.2. The second kappa shape index (κ2) is 22.8. The molecule has 0 fully saturated rings. The van der Waals surface area contributed by atoms with E-state index < -0.39 is 21.7 Å². The smallest absolute Gasteiger partial charge is 0.657 e. The first-order chi connectivity index (χ1) is 36.9. The summed E-state index contributed by atoms with van der Waals surface area (Å²) in [6, 6.07) is 38.3. The Kier molecular flexibility index (Phi) is 16.8. The molecule has 15 heteroatoms. The van der Waals surface area contributed by atoms with Crippen LogP contribution in [0.4, 0.5) is 22.7 Å². The summed E-state index contributed by atoms with van der Waals surface area (Å²) in [4.78, 5) is 84.2. The van der Waals surface area contributed by atoms with E-state index in [1.54, 1.807) is 0 Å². The number of rotatable bonds is 8. The molecule has 4 aromatic carbocycles. The number of carbonyl (C=O) groups is 4. The molecule has 79 heavy (non-hydrogen) atoms. The number of carbonyl (C=O) groups excluding carboxylic acids is 4. The van der Waals surface area contributed by atoms with Crippen molar-refractivity contribution in [2.75, 3.05) is 21.3 Å². The molecule has 0 spiro atoms. The molecule has 9 rings (SSSR count). The topological polar surface area (TPSA) is 210 Å². The molecule has 0 saturated heterocycles. The molecule has 1 radical (unpaired) electrons. The third kappa shape index (κ3) is 12.4. The Labute approximate surface area is 471 Å². The van der Waals surface area contributed by atoms with E-state index in [4.69, 9.17) is 30.4 Å². The zero-order valence-electron chi connectivity index (χ0n) is 46.5. The van der Waals surface area contributed by atoms with Gasteiger partial charge in [0.25, 0.3) is 0 Å². The number of nitrogens with one attached hydrogen (secondary N) is 4. The molecule has 2 aliphatic rings. The van der Waals surface area contributed by atoms with Crippen LogP contribution in [-0.2, 0) is 36.2 Å². The van der Waals surface area contributed by atoms with Crippen LogP contribution in [-0.4, -0.2) is 33.6 Å². The first-order valence-electron chi connectivity index (χ1n) is 25.7. The number of nitrogens with zero attached hydrogens (tertiary/aromatic N) is 5. The summed E-state index contributed by atoms with van der Waals surface area (Å²) in [5.41, 5.74) is 15.1. The molecule has 14 nitrogen and oxygen atoms in total. The summed E-state index contributed by atoms with van der Waals surface area (Å²) in [5.74, 6) is -0.660. The van der Waals surface area contributed by atoms with Gasteiger partial charge in [0.2, 0.25) is 23.6 Å². The molecule has 0 saturated carbocycles. The van der Waals surface area contributed by atoms with E-state index in [1.807, 2.05) is 229 Å². The van der Waals surface area contributed by atoms with Crippen LogP contribution in [0.15, 0.2) is 121 Å². The molecule has 0 atom stereocenters. The average molecular weight is 1100 g/mol. The number of hydrogen-bond donors (Lipinski definition) is 4. The molecule has 403 valence electrons. The Morgan fingerprint density at radius 2 is 0.532 bits per heavy atom. The summed E-state index contributed by atoms with van der Waals surface area (Å²) in [6.45, 7) is 22.4. The van der Waals surface area contributed by atoms with Crippen molar-refractivity contribution in [1.82, 2.24) is 25.5 Å². The first-order valence-corrected chi connectivity index (χ1v) is 25.7. The van der Waals surface area contributed by atoms with E-state index in [2.05, 4.69) is 21.3 Å². The fourth-order valence-corrected chi connectivity index (χ4v) is 8.67.